The molecule has 0 spiro atoms. The minimum absolute atomic E-state index is 0.0278. The van der Waals surface area contributed by atoms with Gasteiger partial charge < -0.3 is 24.4 Å². The SMILES string of the molecule is CCOC(=O)CCN(CC(=O)OCC)C(=O)CCCCCNC(=O)O[C@H]1CC[C@@]2(C)C(=CCC3C(CC)C(C)([C@H](C)C(C)CCCC(C)C)CCC32)C1. The molecule has 1 N–H and O–H groups in total. The van der Waals surface area contributed by atoms with Gasteiger partial charge in [0, 0.05) is 25.9 Å². The fourth-order valence-electron chi connectivity index (χ4n) is 10.4. The number of hydrogen-bond donors (Lipinski definition) is 1. The molecule has 3 aliphatic rings. The molecule has 3 aliphatic carbocycles. The lowest BCUT2D eigenvalue weighted by molar-refractivity contribution is -0.150. The summed E-state index contributed by atoms with van der Waals surface area (Å²) in [6.45, 7) is 21.7. The van der Waals surface area contributed by atoms with Crippen molar-refractivity contribution in [2.45, 2.75) is 165 Å². The number of rotatable bonds is 21. The van der Waals surface area contributed by atoms with E-state index in [9.17, 15) is 19.2 Å². The summed E-state index contributed by atoms with van der Waals surface area (Å²) in [5.74, 6) is 3.36. The maximum atomic E-state index is 12.8. The molecule has 0 heterocycles. The van der Waals surface area contributed by atoms with E-state index in [1.54, 1.807) is 13.8 Å². The minimum atomic E-state index is -0.497. The predicted molar refractivity (Wildman–Crippen MR) is 211 cm³/mol. The number of ether oxygens (including phenoxy) is 3. The number of amides is 2. The Kier molecular flexibility index (Phi) is 18.2. The summed E-state index contributed by atoms with van der Waals surface area (Å²) in [5.41, 5.74) is 2.10. The van der Waals surface area contributed by atoms with E-state index in [0.29, 0.717) is 30.7 Å². The average Bonchev–Trinajstić information content (AvgIpc) is 3.11. The van der Waals surface area contributed by atoms with Crippen molar-refractivity contribution in [1.82, 2.24) is 10.2 Å². The van der Waals surface area contributed by atoms with Crippen molar-refractivity contribution < 1.29 is 33.4 Å². The smallest absolute Gasteiger partial charge is 0.407 e. The number of alkyl carbamates (subject to hydrolysis) is 1. The number of nitrogens with one attached hydrogen (secondary N) is 1. The lowest BCUT2D eigenvalue weighted by Gasteiger charge is -2.60. The van der Waals surface area contributed by atoms with Gasteiger partial charge >= 0.3 is 18.0 Å². The molecule has 53 heavy (non-hydrogen) atoms. The highest BCUT2D eigenvalue weighted by Gasteiger charge is 2.56. The maximum Gasteiger partial charge on any atom is 0.407 e. The second kappa shape index (κ2) is 21.5. The fraction of sp³-hybridized carbons (Fsp3) is 0.864. The quantitative estimate of drug-likeness (QED) is 0.0539. The van der Waals surface area contributed by atoms with E-state index >= 15 is 0 Å². The molecule has 0 saturated heterocycles. The normalized spacial score (nSPS) is 27.8. The summed E-state index contributed by atoms with van der Waals surface area (Å²) >= 11 is 0. The summed E-state index contributed by atoms with van der Waals surface area (Å²) in [4.78, 5) is 50.9. The summed E-state index contributed by atoms with van der Waals surface area (Å²) in [6.07, 6.45) is 16.3. The molecule has 0 aromatic heterocycles. The van der Waals surface area contributed by atoms with Crippen molar-refractivity contribution in [3.63, 3.8) is 0 Å². The number of carbonyl (C=O) groups is 4. The molecule has 0 radical (unpaired) electrons. The van der Waals surface area contributed by atoms with Crippen LogP contribution in [0.4, 0.5) is 4.79 Å². The highest BCUT2D eigenvalue weighted by atomic mass is 16.6. The van der Waals surface area contributed by atoms with Crippen molar-refractivity contribution >= 4 is 23.9 Å². The second-order valence-electron chi connectivity index (χ2n) is 17.5. The van der Waals surface area contributed by atoms with Crippen LogP contribution in [0, 0.1) is 46.3 Å². The van der Waals surface area contributed by atoms with Crippen molar-refractivity contribution in [1.29, 1.82) is 0 Å². The van der Waals surface area contributed by atoms with Crippen molar-refractivity contribution in [2.24, 2.45) is 46.3 Å². The third-order valence-corrected chi connectivity index (χ3v) is 13.8. The molecule has 0 aliphatic heterocycles. The van der Waals surface area contributed by atoms with Gasteiger partial charge in [0.2, 0.25) is 5.91 Å². The van der Waals surface area contributed by atoms with Crippen molar-refractivity contribution in [3.8, 4) is 0 Å². The molecule has 9 heteroatoms. The molecule has 2 fully saturated rings. The highest BCUT2D eigenvalue weighted by Crippen LogP contribution is 2.64. The summed E-state index contributed by atoms with van der Waals surface area (Å²) in [5, 5.41) is 2.92. The Labute approximate surface area is 322 Å². The van der Waals surface area contributed by atoms with Crippen molar-refractivity contribution in [2.75, 3.05) is 32.8 Å². The predicted octanol–water partition coefficient (Wildman–Crippen LogP) is 9.66. The van der Waals surface area contributed by atoms with Gasteiger partial charge in [0.1, 0.15) is 12.6 Å². The molecule has 0 aromatic carbocycles. The third-order valence-electron chi connectivity index (χ3n) is 13.8. The van der Waals surface area contributed by atoms with Crippen LogP contribution in [-0.2, 0) is 28.6 Å². The first-order valence-corrected chi connectivity index (χ1v) is 21.4. The number of unbranched alkanes of at least 4 members (excludes halogenated alkanes) is 2. The van der Waals surface area contributed by atoms with Gasteiger partial charge in [-0.15, -0.1) is 0 Å². The molecule has 5 unspecified atom stereocenters. The molecule has 0 aromatic rings. The summed E-state index contributed by atoms with van der Waals surface area (Å²) < 4.78 is 15.9. The summed E-state index contributed by atoms with van der Waals surface area (Å²) in [6, 6.07) is 0. The van der Waals surface area contributed by atoms with Crippen LogP contribution >= 0.6 is 0 Å². The molecule has 2 saturated carbocycles. The molecular formula is C44H76N2O7. The molecular weight excluding hydrogens is 668 g/mol. The van der Waals surface area contributed by atoms with E-state index in [2.05, 4.69) is 59.9 Å². The lowest BCUT2D eigenvalue weighted by Crippen LogP contribution is -2.53. The number of hydrogen-bond acceptors (Lipinski definition) is 7. The van der Waals surface area contributed by atoms with Gasteiger partial charge in [-0.3, -0.25) is 14.4 Å². The van der Waals surface area contributed by atoms with Crippen LogP contribution in [-0.4, -0.2) is 67.8 Å². The third kappa shape index (κ3) is 12.5. The van der Waals surface area contributed by atoms with Gasteiger partial charge in [0.05, 0.1) is 19.6 Å². The molecule has 2 amide bonds. The Bertz CT molecular complexity index is 1220. The molecule has 9 nitrogen and oxygen atoms in total. The monoisotopic (exact) mass is 745 g/mol. The van der Waals surface area contributed by atoms with E-state index < -0.39 is 11.9 Å². The van der Waals surface area contributed by atoms with Gasteiger partial charge in [-0.2, -0.15) is 0 Å². The average molecular weight is 745 g/mol. The van der Waals surface area contributed by atoms with Crippen LogP contribution < -0.4 is 5.32 Å². The Morgan fingerprint density at radius 2 is 1.60 bits per heavy atom. The highest BCUT2D eigenvalue weighted by molar-refractivity contribution is 5.82. The fourth-order valence-corrected chi connectivity index (χ4v) is 10.4. The second-order valence-corrected chi connectivity index (χ2v) is 17.5. The van der Waals surface area contributed by atoms with Crippen LogP contribution in [0.1, 0.15) is 159 Å². The van der Waals surface area contributed by atoms with Gasteiger partial charge in [0.25, 0.3) is 0 Å². The number of nitrogens with zero attached hydrogens (tertiary/aromatic N) is 1. The minimum Gasteiger partial charge on any atom is -0.466 e. The molecule has 304 valence electrons. The van der Waals surface area contributed by atoms with Gasteiger partial charge in [-0.25, -0.2) is 4.79 Å². The van der Waals surface area contributed by atoms with Crippen LogP contribution in [0.2, 0.25) is 0 Å². The Morgan fingerprint density at radius 1 is 0.887 bits per heavy atom. The van der Waals surface area contributed by atoms with Crippen LogP contribution in [0.15, 0.2) is 11.6 Å². The van der Waals surface area contributed by atoms with Crippen LogP contribution in [0.5, 0.6) is 0 Å². The molecule has 0 bridgehead atoms. The largest absolute Gasteiger partial charge is 0.466 e. The van der Waals surface area contributed by atoms with Crippen molar-refractivity contribution in [3.05, 3.63) is 11.6 Å². The molecule has 3 rings (SSSR count). The van der Waals surface area contributed by atoms with E-state index in [0.717, 1.165) is 61.7 Å². The van der Waals surface area contributed by atoms with Crippen LogP contribution in [0.25, 0.3) is 0 Å². The standard InChI is InChI=1S/C44H76N2O7/c1-10-37-36-21-20-34-29-35(22-25-44(34,9)38(36)23-26-43(37,8)33(7)32(6)18-16-17-31(4)5)53-42(50)45-27-15-13-14-19-39(47)46(30-41(49)52-12-3)28-24-40(48)51-11-2/h20,31-33,35-38H,10-19,21-30H2,1-9H3,(H,45,50)/t32?,33-,35+,36?,37?,38?,43?,44+/m1/s1. The van der Waals surface area contributed by atoms with Crippen LogP contribution in [0.3, 0.4) is 0 Å². The zero-order valence-electron chi connectivity index (χ0n) is 35.1. The number of allylic oxidation sites excluding steroid dienone is 1. The van der Waals surface area contributed by atoms with E-state index in [-0.39, 0.29) is 62.7 Å². The van der Waals surface area contributed by atoms with E-state index in [1.807, 2.05) is 0 Å². The first-order chi connectivity index (χ1) is 25.2. The Hall–Kier alpha value is -2.58. The topological polar surface area (TPSA) is 111 Å². The maximum absolute atomic E-state index is 12.8. The first-order valence-electron chi connectivity index (χ1n) is 21.4. The zero-order valence-corrected chi connectivity index (χ0v) is 35.1. The van der Waals surface area contributed by atoms with Gasteiger partial charge in [-0.05, 0) is 105 Å². The molecule has 8 atom stereocenters. The van der Waals surface area contributed by atoms with E-state index in [1.165, 1.54) is 49.0 Å². The first kappa shape index (κ1) is 44.8. The number of fused-ring (bicyclic) bond motifs is 3. The summed E-state index contributed by atoms with van der Waals surface area (Å²) in [7, 11) is 0. The van der Waals surface area contributed by atoms with E-state index in [4.69, 9.17) is 14.2 Å². The van der Waals surface area contributed by atoms with Gasteiger partial charge in [-0.1, -0.05) is 92.2 Å². The Balaban J connectivity index is 1.44. The lowest BCUT2D eigenvalue weighted by atomic mass is 9.45. The van der Waals surface area contributed by atoms with Gasteiger partial charge in [0.15, 0.2) is 0 Å². The Morgan fingerprint density at radius 3 is 2.28 bits per heavy atom. The number of esters is 2. The number of carbonyl (C=O) groups excluding carboxylic acids is 4. The zero-order chi connectivity index (χ0) is 39.2.